The Labute approximate surface area is 111 Å². The fourth-order valence-corrected chi connectivity index (χ4v) is 1.63. The van der Waals surface area contributed by atoms with E-state index in [9.17, 15) is 23.3 Å². The maximum absolute atomic E-state index is 13.5. The van der Waals surface area contributed by atoms with Crippen LogP contribution in [0.25, 0.3) is 0 Å². The van der Waals surface area contributed by atoms with E-state index in [4.69, 9.17) is 5.73 Å². The molecule has 2 aromatic carbocycles. The molecule has 2 aromatic rings. The smallest absolute Gasteiger partial charge is 0.315 e. The Morgan fingerprint density at radius 1 is 1.05 bits per heavy atom. The fourth-order valence-electron chi connectivity index (χ4n) is 1.63. The number of hydrogen-bond acceptors (Lipinski definition) is 4. The molecule has 5 nitrogen and oxygen atoms in total. The molecule has 0 aliphatic rings. The van der Waals surface area contributed by atoms with Crippen molar-refractivity contribution in [2.45, 2.75) is 0 Å². The predicted octanol–water partition coefficient (Wildman–Crippen LogP) is 3.34. The fraction of sp³-hybridized carbons (Fsp3) is 0. The first-order chi connectivity index (χ1) is 9.40. The van der Waals surface area contributed by atoms with E-state index in [1.54, 1.807) is 0 Å². The van der Waals surface area contributed by atoms with Gasteiger partial charge in [-0.1, -0.05) is 6.07 Å². The largest absolute Gasteiger partial charge is 0.393 e. The number of benzene rings is 2. The lowest BCUT2D eigenvalue weighted by Gasteiger charge is -2.09. The molecule has 0 unspecified atom stereocenters. The molecule has 0 aliphatic heterocycles. The predicted molar refractivity (Wildman–Crippen MR) is 67.1 cm³/mol. The van der Waals surface area contributed by atoms with E-state index >= 15 is 0 Å². The first-order valence-electron chi connectivity index (χ1n) is 5.34. The first kappa shape index (κ1) is 13.7. The van der Waals surface area contributed by atoms with Crippen LogP contribution in [0.4, 0.5) is 35.9 Å². The summed E-state index contributed by atoms with van der Waals surface area (Å²) in [6.07, 6.45) is 0. The molecule has 0 spiro atoms. The molecule has 0 aliphatic carbocycles. The zero-order valence-electron chi connectivity index (χ0n) is 9.86. The molecule has 0 aromatic heterocycles. The van der Waals surface area contributed by atoms with Gasteiger partial charge >= 0.3 is 5.69 Å². The van der Waals surface area contributed by atoms with Crippen LogP contribution in [0.15, 0.2) is 30.3 Å². The number of nitrogens with zero attached hydrogens (tertiary/aromatic N) is 1. The average Bonchev–Trinajstić information content (AvgIpc) is 2.35. The van der Waals surface area contributed by atoms with Crippen LogP contribution in [0.2, 0.25) is 0 Å². The number of para-hydroxylation sites is 1. The number of nitro groups is 1. The average molecular weight is 283 g/mol. The third-order valence-electron chi connectivity index (χ3n) is 2.53. The summed E-state index contributed by atoms with van der Waals surface area (Å²) in [5, 5.41) is 13.2. The van der Waals surface area contributed by atoms with E-state index in [0.29, 0.717) is 12.1 Å². The van der Waals surface area contributed by atoms with Gasteiger partial charge < -0.3 is 11.1 Å². The SMILES string of the molecule is Nc1cccc(Nc2cc(F)c(F)cc2F)c1[N+](=O)[O-]. The molecular weight excluding hydrogens is 275 g/mol. The Hall–Kier alpha value is -2.77. The van der Waals surface area contributed by atoms with Crippen molar-refractivity contribution in [2.75, 3.05) is 11.1 Å². The van der Waals surface area contributed by atoms with E-state index in [1.165, 1.54) is 18.2 Å². The number of nitrogens with two attached hydrogens (primary N) is 1. The summed E-state index contributed by atoms with van der Waals surface area (Å²) in [5.74, 6) is -3.71. The molecule has 104 valence electrons. The highest BCUT2D eigenvalue weighted by molar-refractivity contribution is 5.78. The van der Waals surface area contributed by atoms with Crippen LogP contribution >= 0.6 is 0 Å². The second kappa shape index (κ2) is 5.08. The molecular formula is C12H8F3N3O2. The van der Waals surface area contributed by atoms with Crippen molar-refractivity contribution in [2.24, 2.45) is 0 Å². The summed E-state index contributed by atoms with van der Waals surface area (Å²) in [6, 6.07) is 4.88. The van der Waals surface area contributed by atoms with Crippen molar-refractivity contribution in [3.63, 3.8) is 0 Å². The van der Waals surface area contributed by atoms with Gasteiger partial charge in [-0.25, -0.2) is 13.2 Å². The molecule has 0 saturated heterocycles. The van der Waals surface area contributed by atoms with Crippen molar-refractivity contribution < 1.29 is 18.1 Å². The summed E-state index contributed by atoms with van der Waals surface area (Å²) >= 11 is 0. The summed E-state index contributed by atoms with van der Waals surface area (Å²) in [4.78, 5) is 10.1. The van der Waals surface area contributed by atoms with E-state index in [1.807, 2.05) is 0 Å². The Balaban J connectivity index is 2.48. The van der Waals surface area contributed by atoms with Crippen LogP contribution in [0, 0.1) is 27.6 Å². The number of nitrogen functional groups attached to an aromatic ring is 1. The van der Waals surface area contributed by atoms with E-state index in [2.05, 4.69) is 5.32 Å². The Bertz CT molecular complexity index is 692. The number of rotatable bonds is 3. The topological polar surface area (TPSA) is 81.2 Å². The Morgan fingerprint density at radius 2 is 1.70 bits per heavy atom. The van der Waals surface area contributed by atoms with Crippen molar-refractivity contribution in [1.82, 2.24) is 0 Å². The molecule has 0 bridgehead atoms. The van der Waals surface area contributed by atoms with Gasteiger partial charge in [0.15, 0.2) is 11.6 Å². The molecule has 0 fully saturated rings. The van der Waals surface area contributed by atoms with Gasteiger partial charge in [-0.05, 0) is 12.1 Å². The highest BCUT2D eigenvalue weighted by Gasteiger charge is 2.19. The molecule has 0 atom stereocenters. The second-order valence-electron chi connectivity index (χ2n) is 3.87. The highest BCUT2D eigenvalue weighted by Crippen LogP contribution is 2.33. The zero-order valence-corrected chi connectivity index (χ0v) is 9.86. The molecule has 0 heterocycles. The molecule has 8 heteroatoms. The number of halogens is 3. The molecule has 0 radical (unpaired) electrons. The van der Waals surface area contributed by atoms with Gasteiger partial charge in [-0.3, -0.25) is 10.1 Å². The van der Waals surface area contributed by atoms with Gasteiger partial charge in [-0.15, -0.1) is 0 Å². The van der Waals surface area contributed by atoms with Crippen molar-refractivity contribution in [3.8, 4) is 0 Å². The molecule has 0 saturated carbocycles. The molecule has 3 N–H and O–H groups in total. The minimum atomic E-state index is -1.35. The summed E-state index contributed by atoms with van der Waals surface area (Å²) < 4.78 is 39.3. The Kier molecular flexibility index (Phi) is 3.47. The minimum Gasteiger partial charge on any atom is -0.393 e. The highest BCUT2D eigenvalue weighted by atomic mass is 19.2. The number of hydrogen-bond donors (Lipinski definition) is 2. The molecule has 2 rings (SSSR count). The first-order valence-corrected chi connectivity index (χ1v) is 5.34. The normalized spacial score (nSPS) is 10.3. The van der Waals surface area contributed by atoms with E-state index in [0.717, 1.165) is 0 Å². The van der Waals surface area contributed by atoms with Gasteiger partial charge in [0.05, 0.1) is 10.6 Å². The van der Waals surface area contributed by atoms with Crippen LogP contribution in [-0.2, 0) is 0 Å². The zero-order chi connectivity index (χ0) is 14.9. The maximum atomic E-state index is 13.5. The summed E-state index contributed by atoms with van der Waals surface area (Å²) in [5.41, 5.74) is 4.29. The van der Waals surface area contributed by atoms with Gasteiger partial charge in [-0.2, -0.15) is 0 Å². The van der Waals surface area contributed by atoms with Crippen molar-refractivity contribution >= 4 is 22.7 Å². The number of nitro benzene ring substituents is 1. The van der Waals surface area contributed by atoms with Gasteiger partial charge in [0.25, 0.3) is 0 Å². The lowest BCUT2D eigenvalue weighted by Crippen LogP contribution is -2.03. The third-order valence-corrected chi connectivity index (χ3v) is 2.53. The second-order valence-corrected chi connectivity index (χ2v) is 3.87. The maximum Gasteiger partial charge on any atom is 0.315 e. The Morgan fingerprint density at radius 3 is 2.35 bits per heavy atom. The van der Waals surface area contributed by atoms with Crippen LogP contribution in [0.5, 0.6) is 0 Å². The lowest BCUT2D eigenvalue weighted by molar-refractivity contribution is -0.383. The van der Waals surface area contributed by atoms with E-state index < -0.39 is 33.7 Å². The van der Waals surface area contributed by atoms with Crippen LogP contribution in [0.1, 0.15) is 0 Å². The van der Waals surface area contributed by atoms with E-state index in [-0.39, 0.29) is 11.4 Å². The molecule has 0 amide bonds. The van der Waals surface area contributed by atoms with Gasteiger partial charge in [0.1, 0.15) is 17.2 Å². The third kappa shape index (κ3) is 2.48. The van der Waals surface area contributed by atoms with Crippen LogP contribution in [0.3, 0.4) is 0 Å². The minimum absolute atomic E-state index is 0.125. The van der Waals surface area contributed by atoms with Crippen molar-refractivity contribution in [3.05, 3.63) is 57.9 Å². The van der Waals surface area contributed by atoms with Gasteiger partial charge in [0.2, 0.25) is 0 Å². The number of anilines is 3. The molecule has 20 heavy (non-hydrogen) atoms. The summed E-state index contributed by atoms with van der Waals surface area (Å²) in [7, 11) is 0. The standard InChI is InChI=1S/C12H8F3N3O2/c13-6-4-8(15)11(5-7(6)14)17-10-3-1-2-9(16)12(10)18(19)20/h1-5,17H,16H2. The van der Waals surface area contributed by atoms with Crippen molar-refractivity contribution in [1.29, 1.82) is 0 Å². The number of nitrogens with one attached hydrogen (secondary N) is 1. The quantitative estimate of drug-likeness (QED) is 0.392. The summed E-state index contributed by atoms with van der Waals surface area (Å²) in [6.45, 7) is 0. The monoisotopic (exact) mass is 283 g/mol. The van der Waals surface area contributed by atoms with Crippen LogP contribution in [-0.4, -0.2) is 4.92 Å². The van der Waals surface area contributed by atoms with Crippen LogP contribution < -0.4 is 11.1 Å². The van der Waals surface area contributed by atoms with Gasteiger partial charge in [0, 0.05) is 12.1 Å². The lowest BCUT2D eigenvalue weighted by atomic mass is 10.2.